The summed E-state index contributed by atoms with van der Waals surface area (Å²) in [6.07, 6.45) is 4.49. The Labute approximate surface area is 178 Å². The highest BCUT2D eigenvalue weighted by atomic mass is 16.5. The summed E-state index contributed by atoms with van der Waals surface area (Å²) in [4.78, 5) is 18.6. The van der Waals surface area contributed by atoms with Crippen molar-refractivity contribution in [3.05, 3.63) is 60.3 Å². The second-order valence-electron chi connectivity index (χ2n) is 8.14. The summed E-state index contributed by atoms with van der Waals surface area (Å²) >= 11 is 0. The number of aromatic nitrogens is 1. The number of benzene rings is 2. The van der Waals surface area contributed by atoms with Gasteiger partial charge in [0.25, 0.3) is 0 Å². The molecule has 0 N–H and O–H groups in total. The zero-order chi connectivity index (χ0) is 21.1. The van der Waals surface area contributed by atoms with Gasteiger partial charge in [-0.1, -0.05) is 44.2 Å². The molecule has 0 spiro atoms. The van der Waals surface area contributed by atoms with E-state index in [-0.39, 0.29) is 12.0 Å². The Morgan fingerprint density at radius 3 is 2.67 bits per heavy atom. The summed E-state index contributed by atoms with van der Waals surface area (Å²) in [5.41, 5.74) is 4.61. The molecule has 156 valence electrons. The molecule has 1 fully saturated rings. The Morgan fingerprint density at radius 1 is 1.13 bits per heavy atom. The number of aryl methyl sites for hydroxylation is 1. The van der Waals surface area contributed by atoms with E-state index in [4.69, 9.17) is 4.74 Å². The predicted octanol–water partition coefficient (Wildman–Crippen LogP) is 5.63. The van der Waals surface area contributed by atoms with Gasteiger partial charge in [-0.2, -0.15) is 0 Å². The van der Waals surface area contributed by atoms with Gasteiger partial charge in [0.15, 0.2) is 0 Å². The number of carbonyl (C=O) groups is 1. The minimum Gasteiger partial charge on any atom is -0.490 e. The van der Waals surface area contributed by atoms with E-state index in [1.54, 1.807) is 0 Å². The first-order valence-electron chi connectivity index (χ1n) is 11.0. The van der Waals surface area contributed by atoms with Crippen LogP contribution in [0.4, 0.5) is 0 Å². The third kappa shape index (κ3) is 4.04. The van der Waals surface area contributed by atoms with Crippen LogP contribution in [0, 0.1) is 12.8 Å². The first kappa shape index (κ1) is 20.4. The fraction of sp³-hybridized carbons (Fsp3) is 0.385. The Bertz CT molecular complexity index is 1030. The van der Waals surface area contributed by atoms with Crippen molar-refractivity contribution >= 4 is 16.8 Å². The highest BCUT2D eigenvalue weighted by Crippen LogP contribution is 2.31. The molecule has 2 heterocycles. The van der Waals surface area contributed by atoms with Crippen LogP contribution in [0.3, 0.4) is 0 Å². The number of likely N-dealkylation sites (tertiary alicyclic amines) is 1. The topological polar surface area (TPSA) is 42.4 Å². The number of hydrogen-bond donors (Lipinski definition) is 0. The van der Waals surface area contributed by atoms with Crippen molar-refractivity contribution in [2.75, 3.05) is 13.1 Å². The lowest BCUT2D eigenvalue weighted by Gasteiger charge is -2.38. The molecular formula is C26H30N2O2. The van der Waals surface area contributed by atoms with Gasteiger partial charge in [0.1, 0.15) is 11.9 Å². The molecule has 2 atom stereocenters. The maximum absolute atomic E-state index is 12.1. The minimum absolute atomic E-state index is 0.161. The fourth-order valence-corrected chi connectivity index (χ4v) is 4.50. The van der Waals surface area contributed by atoms with Gasteiger partial charge in [-0.05, 0) is 48.2 Å². The fourth-order valence-electron chi connectivity index (χ4n) is 4.50. The first-order valence-corrected chi connectivity index (χ1v) is 11.0. The molecule has 0 unspecified atom stereocenters. The van der Waals surface area contributed by atoms with Crippen LogP contribution in [0.1, 0.15) is 38.7 Å². The quantitative estimate of drug-likeness (QED) is 0.556. The van der Waals surface area contributed by atoms with Crippen LogP contribution >= 0.6 is 0 Å². The third-order valence-electron chi connectivity index (χ3n) is 6.32. The molecule has 1 saturated heterocycles. The van der Waals surface area contributed by atoms with Crippen LogP contribution in [-0.4, -0.2) is 35.0 Å². The average molecular weight is 403 g/mol. The Morgan fingerprint density at radius 2 is 1.93 bits per heavy atom. The Balaban J connectivity index is 1.49. The molecule has 1 amide bonds. The van der Waals surface area contributed by atoms with Gasteiger partial charge in [0, 0.05) is 43.4 Å². The van der Waals surface area contributed by atoms with Crippen LogP contribution in [-0.2, 0) is 4.79 Å². The molecule has 4 rings (SSSR count). The third-order valence-corrected chi connectivity index (χ3v) is 6.32. The number of carbonyl (C=O) groups excluding carboxylic acids is 1. The van der Waals surface area contributed by atoms with E-state index in [0.717, 1.165) is 42.6 Å². The maximum atomic E-state index is 12.1. The number of hydrogen-bond acceptors (Lipinski definition) is 3. The molecule has 30 heavy (non-hydrogen) atoms. The van der Waals surface area contributed by atoms with E-state index in [1.165, 1.54) is 16.7 Å². The average Bonchev–Trinajstić information content (AvgIpc) is 2.80. The van der Waals surface area contributed by atoms with Crippen molar-refractivity contribution in [1.29, 1.82) is 0 Å². The highest BCUT2D eigenvalue weighted by molar-refractivity contribution is 5.88. The first-order chi connectivity index (χ1) is 14.6. The van der Waals surface area contributed by atoms with Gasteiger partial charge < -0.3 is 9.64 Å². The van der Waals surface area contributed by atoms with Crippen molar-refractivity contribution in [1.82, 2.24) is 9.88 Å². The van der Waals surface area contributed by atoms with Crippen molar-refractivity contribution < 1.29 is 9.53 Å². The number of fused-ring (bicyclic) bond motifs is 1. The van der Waals surface area contributed by atoms with Gasteiger partial charge >= 0.3 is 0 Å². The van der Waals surface area contributed by atoms with Gasteiger partial charge in [0.2, 0.25) is 5.91 Å². The molecule has 0 saturated carbocycles. The lowest BCUT2D eigenvalue weighted by Crippen LogP contribution is -2.47. The van der Waals surface area contributed by atoms with Gasteiger partial charge in [-0.25, -0.2) is 0 Å². The Kier molecular flexibility index (Phi) is 6.03. The largest absolute Gasteiger partial charge is 0.490 e. The Hall–Kier alpha value is -2.88. The number of amides is 1. The van der Waals surface area contributed by atoms with Crippen LogP contribution in [0.15, 0.2) is 54.7 Å². The van der Waals surface area contributed by atoms with Gasteiger partial charge in [-0.15, -0.1) is 0 Å². The summed E-state index contributed by atoms with van der Waals surface area (Å²) in [5.74, 6) is 1.52. The molecule has 0 radical (unpaired) electrons. The second kappa shape index (κ2) is 8.86. The predicted molar refractivity (Wildman–Crippen MR) is 122 cm³/mol. The van der Waals surface area contributed by atoms with Crippen molar-refractivity contribution in [3.8, 4) is 16.9 Å². The van der Waals surface area contributed by atoms with Gasteiger partial charge in [0.05, 0.1) is 5.52 Å². The molecule has 1 aliphatic heterocycles. The monoisotopic (exact) mass is 402 g/mol. The molecule has 4 heteroatoms. The molecule has 2 aromatic carbocycles. The summed E-state index contributed by atoms with van der Waals surface area (Å²) in [5, 5.41) is 1.16. The van der Waals surface area contributed by atoms with E-state index in [9.17, 15) is 4.79 Å². The molecule has 1 aromatic heterocycles. The summed E-state index contributed by atoms with van der Waals surface area (Å²) < 4.78 is 6.36. The van der Waals surface area contributed by atoms with E-state index in [1.807, 2.05) is 24.1 Å². The van der Waals surface area contributed by atoms with Crippen LogP contribution < -0.4 is 4.74 Å². The number of piperidine rings is 1. The summed E-state index contributed by atoms with van der Waals surface area (Å²) in [7, 11) is 0. The number of rotatable bonds is 5. The summed E-state index contributed by atoms with van der Waals surface area (Å²) in [6, 6.07) is 16.8. The number of nitrogens with zero attached hydrogens (tertiary/aromatic N) is 2. The van der Waals surface area contributed by atoms with E-state index in [0.29, 0.717) is 12.3 Å². The lowest BCUT2D eigenvalue weighted by atomic mass is 9.92. The minimum atomic E-state index is 0.161. The highest BCUT2D eigenvalue weighted by Gasteiger charge is 2.31. The van der Waals surface area contributed by atoms with Gasteiger partial charge in [-0.3, -0.25) is 9.78 Å². The zero-order valence-corrected chi connectivity index (χ0v) is 18.1. The molecule has 0 aliphatic carbocycles. The van der Waals surface area contributed by atoms with E-state index >= 15 is 0 Å². The maximum Gasteiger partial charge on any atom is 0.222 e. The smallest absolute Gasteiger partial charge is 0.222 e. The second-order valence-corrected chi connectivity index (χ2v) is 8.14. The van der Waals surface area contributed by atoms with Crippen LogP contribution in [0.2, 0.25) is 0 Å². The van der Waals surface area contributed by atoms with Crippen LogP contribution in [0.25, 0.3) is 22.0 Å². The normalized spacial score (nSPS) is 19.1. The molecule has 0 bridgehead atoms. The standard InChI is InChI=1S/C26H30N2O2/c1-4-19-17-28(25(29)5-2)16-14-24(19)30-22-11-8-20(9-12-22)23-13-10-21-7-6-15-27-26(21)18(23)3/h6-13,15,19,24H,4-5,14,16-17H2,1-3H3/t19-,24+/m1/s1. The van der Waals surface area contributed by atoms with Crippen LogP contribution in [0.5, 0.6) is 5.75 Å². The zero-order valence-electron chi connectivity index (χ0n) is 18.1. The van der Waals surface area contributed by atoms with Crippen molar-refractivity contribution in [3.63, 3.8) is 0 Å². The number of pyridine rings is 1. The molecule has 4 nitrogen and oxygen atoms in total. The lowest BCUT2D eigenvalue weighted by molar-refractivity contribution is -0.134. The van der Waals surface area contributed by atoms with E-state index in [2.05, 4.69) is 61.3 Å². The number of ether oxygens (including phenoxy) is 1. The SMILES string of the molecule is CCC(=O)N1CC[C@H](Oc2ccc(-c3ccc4cccnc4c3C)cc2)[C@H](CC)C1. The van der Waals surface area contributed by atoms with E-state index < -0.39 is 0 Å². The van der Waals surface area contributed by atoms with Crippen molar-refractivity contribution in [2.24, 2.45) is 5.92 Å². The van der Waals surface area contributed by atoms with Crippen molar-refractivity contribution in [2.45, 2.75) is 46.1 Å². The summed E-state index contributed by atoms with van der Waals surface area (Å²) in [6.45, 7) is 7.83. The molecule has 3 aromatic rings. The molecular weight excluding hydrogens is 372 g/mol. The molecule has 1 aliphatic rings.